The highest BCUT2D eigenvalue weighted by Gasteiger charge is 2.32. The second-order valence-electron chi connectivity index (χ2n) is 7.00. The number of pyridine rings is 2. The fraction of sp³-hybridized carbons (Fsp3) is 0.400. The van der Waals surface area contributed by atoms with Gasteiger partial charge in [0, 0.05) is 19.4 Å². The van der Waals surface area contributed by atoms with Gasteiger partial charge in [-0.05, 0) is 43.7 Å². The van der Waals surface area contributed by atoms with Gasteiger partial charge in [0.2, 0.25) is 0 Å². The number of aryl methyl sites for hydroxylation is 2. The molecule has 0 N–H and O–H groups in total. The van der Waals surface area contributed by atoms with Gasteiger partial charge in [-0.2, -0.15) is 31.1 Å². The van der Waals surface area contributed by atoms with E-state index in [-0.39, 0.29) is 5.52 Å². The lowest BCUT2D eigenvalue weighted by molar-refractivity contribution is -0.137. The Morgan fingerprint density at radius 3 is 2.24 bits per heavy atom. The number of nitriles is 1. The first-order chi connectivity index (χ1) is 13.5. The van der Waals surface area contributed by atoms with Gasteiger partial charge in [-0.25, -0.2) is 9.97 Å². The van der Waals surface area contributed by atoms with Crippen LogP contribution in [0.1, 0.15) is 37.5 Å². The van der Waals surface area contributed by atoms with Crippen LogP contribution in [0.3, 0.4) is 0 Å². The molecule has 0 radical (unpaired) electrons. The van der Waals surface area contributed by atoms with Crippen LogP contribution in [0.15, 0.2) is 24.5 Å². The second-order valence-corrected chi connectivity index (χ2v) is 7.63. The average molecular weight is 421 g/mol. The Morgan fingerprint density at radius 2 is 1.72 bits per heavy atom. The van der Waals surface area contributed by atoms with Crippen LogP contribution in [0.4, 0.5) is 13.2 Å². The molecule has 0 aliphatic heterocycles. The van der Waals surface area contributed by atoms with Gasteiger partial charge in [0.1, 0.15) is 11.2 Å². The van der Waals surface area contributed by atoms with E-state index in [1.54, 1.807) is 31.7 Å². The van der Waals surface area contributed by atoms with Gasteiger partial charge in [0.15, 0.2) is 11.5 Å². The molecule has 0 atom stereocenters. The molecule has 0 fully saturated rings. The van der Waals surface area contributed by atoms with Gasteiger partial charge in [0.05, 0.1) is 17.0 Å². The molecule has 3 aromatic rings. The molecule has 5 nitrogen and oxygen atoms in total. The molecule has 0 aliphatic carbocycles. The summed E-state index contributed by atoms with van der Waals surface area (Å²) in [5, 5.41) is 9.26. The summed E-state index contributed by atoms with van der Waals surface area (Å²) in [6.45, 7) is 7.40. The third-order valence-corrected chi connectivity index (χ3v) is 4.33. The van der Waals surface area contributed by atoms with E-state index < -0.39 is 17.2 Å². The number of hydrogen-bond donors (Lipinski definition) is 1. The van der Waals surface area contributed by atoms with Gasteiger partial charge in [-0.3, -0.25) is 4.98 Å². The van der Waals surface area contributed by atoms with E-state index >= 15 is 0 Å². The van der Waals surface area contributed by atoms with Crippen LogP contribution in [0, 0.1) is 18.3 Å². The van der Waals surface area contributed by atoms with Crippen molar-refractivity contribution in [2.45, 2.75) is 39.3 Å². The highest BCUT2D eigenvalue weighted by atomic mass is 32.1. The van der Waals surface area contributed by atoms with E-state index in [2.05, 4.69) is 33.6 Å². The van der Waals surface area contributed by atoms with Gasteiger partial charge in [-0.1, -0.05) is 13.0 Å². The normalized spacial score (nSPS) is 11.7. The van der Waals surface area contributed by atoms with Crippen LogP contribution in [0.2, 0.25) is 0 Å². The number of thiol groups is 1. The van der Waals surface area contributed by atoms with Crippen LogP contribution in [-0.2, 0) is 18.6 Å². The Morgan fingerprint density at radius 1 is 1.14 bits per heavy atom. The van der Waals surface area contributed by atoms with Crippen LogP contribution >= 0.6 is 12.6 Å². The van der Waals surface area contributed by atoms with Gasteiger partial charge >= 0.3 is 6.18 Å². The summed E-state index contributed by atoms with van der Waals surface area (Å²) in [6, 6.07) is 5.05. The highest BCUT2D eigenvalue weighted by Crippen LogP contribution is 2.32. The van der Waals surface area contributed by atoms with E-state index in [0.717, 1.165) is 29.1 Å². The number of nitrogens with zero attached hydrogens (tertiary/aromatic N) is 5. The zero-order valence-corrected chi connectivity index (χ0v) is 17.7. The maximum absolute atomic E-state index is 12.9. The molecule has 0 aliphatic rings. The van der Waals surface area contributed by atoms with Crippen molar-refractivity contribution >= 4 is 23.8 Å². The number of halogens is 3. The molecule has 0 saturated carbocycles. The fourth-order valence-corrected chi connectivity index (χ4v) is 2.66. The fourth-order valence-electron chi connectivity index (χ4n) is 2.66. The van der Waals surface area contributed by atoms with Crippen LogP contribution < -0.4 is 0 Å². The number of imidazole rings is 1. The van der Waals surface area contributed by atoms with E-state index in [1.165, 1.54) is 0 Å². The Hall–Kier alpha value is -2.60. The molecule has 0 saturated heterocycles. The predicted molar refractivity (Wildman–Crippen MR) is 110 cm³/mol. The monoisotopic (exact) mass is 421 g/mol. The SMILES string of the molecule is CCS.Cc1cc(C(C)(C)C#N)cnc1-c1nc2cc(C(F)(F)F)cnc2n1C. The largest absolute Gasteiger partial charge is 0.417 e. The standard InChI is InChI=1S/C18H16F3N5.C2H6S/c1-10-5-11(17(2,3)9-22)7-23-14(10)16-25-13-6-12(18(19,20)21)8-24-15(13)26(16)4;1-2-3/h5-8H,1-4H3;3H,2H2,1H3. The van der Waals surface area contributed by atoms with Crippen LogP contribution in [0.5, 0.6) is 0 Å². The number of aromatic nitrogens is 4. The van der Waals surface area contributed by atoms with E-state index in [1.807, 2.05) is 19.9 Å². The van der Waals surface area contributed by atoms with Gasteiger partial charge < -0.3 is 4.57 Å². The lowest BCUT2D eigenvalue weighted by atomic mass is 9.86. The van der Waals surface area contributed by atoms with E-state index in [4.69, 9.17) is 0 Å². The predicted octanol–water partition coefficient (Wildman–Crippen LogP) is 5.09. The zero-order valence-electron chi connectivity index (χ0n) is 16.8. The molecule has 29 heavy (non-hydrogen) atoms. The lowest BCUT2D eigenvalue weighted by Crippen LogP contribution is -2.15. The third-order valence-electron chi connectivity index (χ3n) is 4.33. The van der Waals surface area contributed by atoms with Crippen molar-refractivity contribution in [3.63, 3.8) is 0 Å². The Labute approximate surface area is 173 Å². The number of fused-ring (bicyclic) bond motifs is 1. The topological polar surface area (TPSA) is 67.4 Å². The molecular weight excluding hydrogens is 399 g/mol. The molecule has 9 heteroatoms. The molecule has 0 bridgehead atoms. The van der Waals surface area contributed by atoms with Crippen LogP contribution in [-0.4, -0.2) is 25.3 Å². The molecule has 0 amide bonds. The van der Waals surface area contributed by atoms with Crippen molar-refractivity contribution in [1.29, 1.82) is 5.26 Å². The highest BCUT2D eigenvalue weighted by molar-refractivity contribution is 7.80. The van der Waals surface area contributed by atoms with E-state index in [9.17, 15) is 18.4 Å². The second kappa shape index (κ2) is 8.41. The molecule has 3 aromatic heterocycles. The molecule has 154 valence electrons. The summed E-state index contributed by atoms with van der Waals surface area (Å²) in [5.41, 5.74) is 1.04. The smallest absolute Gasteiger partial charge is 0.311 e. The summed E-state index contributed by atoms with van der Waals surface area (Å²) >= 11 is 3.79. The lowest BCUT2D eigenvalue weighted by Gasteiger charge is -2.16. The first kappa shape index (κ1) is 22.7. The molecule has 3 rings (SSSR count). The summed E-state index contributed by atoms with van der Waals surface area (Å²) in [7, 11) is 1.68. The minimum Gasteiger partial charge on any atom is -0.311 e. The van der Waals surface area contributed by atoms with Gasteiger partial charge in [-0.15, -0.1) is 0 Å². The van der Waals surface area contributed by atoms with Crippen molar-refractivity contribution in [3.05, 3.63) is 41.2 Å². The molecule has 0 spiro atoms. The minimum atomic E-state index is -4.47. The maximum atomic E-state index is 12.9. The summed E-state index contributed by atoms with van der Waals surface area (Å²) in [5.74, 6) is 1.37. The zero-order chi connectivity index (χ0) is 22.0. The summed E-state index contributed by atoms with van der Waals surface area (Å²) in [6.07, 6.45) is -2.08. The average Bonchev–Trinajstić information content (AvgIpc) is 2.97. The van der Waals surface area contributed by atoms with Crippen LogP contribution in [0.25, 0.3) is 22.7 Å². The molecule has 0 unspecified atom stereocenters. The first-order valence-corrected chi connectivity index (χ1v) is 9.48. The number of hydrogen-bond acceptors (Lipinski definition) is 5. The van der Waals surface area contributed by atoms with E-state index in [0.29, 0.717) is 17.2 Å². The van der Waals surface area contributed by atoms with Crippen molar-refractivity contribution in [2.24, 2.45) is 7.05 Å². The maximum Gasteiger partial charge on any atom is 0.417 e. The first-order valence-electron chi connectivity index (χ1n) is 8.85. The number of rotatable bonds is 2. The summed E-state index contributed by atoms with van der Waals surface area (Å²) < 4.78 is 40.3. The van der Waals surface area contributed by atoms with Crippen molar-refractivity contribution < 1.29 is 13.2 Å². The van der Waals surface area contributed by atoms with Crippen molar-refractivity contribution in [2.75, 3.05) is 5.75 Å². The van der Waals surface area contributed by atoms with Gasteiger partial charge in [0.25, 0.3) is 0 Å². The Bertz CT molecular complexity index is 1060. The summed E-state index contributed by atoms with van der Waals surface area (Å²) in [4.78, 5) is 12.6. The third kappa shape index (κ3) is 4.70. The Kier molecular flexibility index (Phi) is 6.58. The Balaban J connectivity index is 0.000000941. The van der Waals surface area contributed by atoms with Crippen molar-refractivity contribution in [3.8, 4) is 17.6 Å². The number of alkyl halides is 3. The molecule has 3 heterocycles. The minimum absolute atomic E-state index is 0.153. The van der Waals surface area contributed by atoms with Crippen molar-refractivity contribution in [1.82, 2.24) is 19.5 Å². The molecule has 0 aromatic carbocycles. The quantitative estimate of drug-likeness (QED) is 0.585. The molecular formula is C20H22F3N5S.